The fourth-order valence-electron chi connectivity index (χ4n) is 2.76. The molecule has 1 saturated heterocycles. The minimum Gasteiger partial charge on any atom is -0.493 e. The number of nitrogens with one attached hydrogen (secondary N) is 1. The highest BCUT2D eigenvalue weighted by Gasteiger charge is 2.30. The van der Waals surface area contributed by atoms with E-state index in [9.17, 15) is 14.4 Å². The van der Waals surface area contributed by atoms with Crippen LogP contribution in [-0.2, 0) is 9.59 Å². The van der Waals surface area contributed by atoms with Gasteiger partial charge >= 0.3 is 0 Å². The third-order valence-electron chi connectivity index (χ3n) is 3.92. The molecule has 3 rings (SSSR count). The van der Waals surface area contributed by atoms with E-state index in [2.05, 4.69) is 10.3 Å². The Morgan fingerprint density at radius 1 is 1.25 bits per heavy atom. The number of fused-ring (bicyclic) bond motifs is 1. The van der Waals surface area contributed by atoms with Crippen LogP contribution < -0.4 is 20.3 Å². The first-order valence-electron chi connectivity index (χ1n) is 7.82. The van der Waals surface area contributed by atoms with Crippen LogP contribution in [0.15, 0.2) is 16.9 Å². The van der Waals surface area contributed by atoms with E-state index in [0.717, 1.165) is 4.57 Å². The summed E-state index contributed by atoms with van der Waals surface area (Å²) in [6.45, 7) is 1.54. The average molecular weight is 332 g/mol. The van der Waals surface area contributed by atoms with E-state index in [1.54, 1.807) is 6.07 Å². The second-order valence-corrected chi connectivity index (χ2v) is 5.35. The summed E-state index contributed by atoms with van der Waals surface area (Å²) in [5.74, 6) is -0.342. The molecule has 8 nitrogen and oxygen atoms in total. The van der Waals surface area contributed by atoms with Crippen molar-refractivity contribution in [2.45, 2.75) is 25.8 Å². The van der Waals surface area contributed by atoms with E-state index in [-0.39, 0.29) is 24.1 Å². The van der Waals surface area contributed by atoms with Crippen molar-refractivity contribution in [1.82, 2.24) is 14.9 Å². The van der Waals surface area contributed by atoms with Crippen molar-refractivity contribution >= 4 is 22.7 Å². The highest BCUT2D eigenvalue weighted by molar-refractivity contribution is 5.99. The SMILES string of the molecule is [2H][C@@]1(n2c(C)nc3cc(OC)c(OC)cc3c2=O)CCC(=O)NC1=O. The summed E-state index contributed by atoms with van der Waals surface area (Å²) in [5.41, 5.74) is -0.185. The van der Waals surface area contributed by atoms with Gasteiger partial charge in [-0.3, -0.25) is 24.3 Å². The lowest BCUT2D eigenvalue weighted by Crippen LogP contribution is -2.45. The van der Waals surface area contributed by atoms with Gasteiger partial charge in [0, 0.05) is 12.5 Å². The Hall–Kier alpha value is -2.90. The number of methoxy groups -OCH3 is 2. The van der Waals surface area contributed by atoms with Crippen LogP contribution in [-0.4, -0.2) is 35.6 Å². The quantitative estimate of drug-likeness (QED) is 0.831. The first kappa shape index (κ1) is 14.7. The van der Waals surface area contributed by atoms with Crippen molar-refractivity contribution in [2.24, 2.45) is 0 Å². The molecule has 1 aliphatic rings. The number of ether oxygens (including phenoxy) is 2. The Kier molecular flexibility index (Phi) is 3.64. The van der Waals surface area contributed by atoms with Crippen molar-refractivity contribution in [3.05, 3.63) is 28.3 Å². The monoisotopic (exact) mass is 332 g/mol. The zero-order valence-electron chi connectivity index (χ0n) is 14.5. The molecule has 0 saturated carbocycles. The number of rotatable bonds is 3. The van der Waals surface area contributed by atoms with Crippen LogP contribution in [0.3, 0.4) is 0 Å². The average Bonchev–Trinajstić information content (AvgIpc) is 2.57. The van der Waals surface area contributed by atoms with Gasteiger partial charge in [0.25, 0.3) is 5.56 Å². The van der Waals surface area contributed by atoms with E-state index < -0.39 is 23.4 Å². The number of aromatic nitrogens is 2. The van der Waals surface area contributed by atoms with E-state index >= 15 is 0 Å². The molecular weight excluding hydrogens is 314 g/mol. The number of amides is 2. The Labute approximate surface area is 138 Å². The van der Waals surface area contributed by atoms with Gasteiger partial charge in [0.1, 0.15) is 11.8 Å². The third-order valence-corrected chi connectivity index (χ3v) is 3.92. The van der Waals surface area contributed by atoms with Gasteiger partial charge < -0.3 is 9.47 Å². The van der Waals surface area contributed by atoms with Gasteiger partial charge in [0.2, 0.25) is 11.8 Å². The maximum Gasteiger partial charge on any atom is 0.262 e. The van der Waals surface area contributed by atoms with Crippen molar-refractivity contribution in [1.29, 1.82) is 0 Å². The van der Waals surface area contributed by atoms with Crippen LogP contribution in [0.25, 0.3) is 10.9 Å². The van der Waals surface area contributed by atoms with Crippen molar-refractivity contribution in [3.8, 4) is 11.5 Å². The molecule has 1 atom stereocenters. The predicted molar refractivity (Wildman–Crippen MR) is 85.3 cm³/mol. The molecule has 0 unspecified atom stereocenters. The molecule has 0 radical (unpaired) electrons. The summed E-state index contributed by atoms with van der Waals surface area (Å²) in [7, 11) is 2.91. The van der Waals surface area contributed by atoms with Gasteiger partial charge in [-0.2, -0.15) is 0 Å². The molecule has 8 heteroatoms. The molecule has 2 heterocycles. The molecule has 1 aromatic carbocycles. The van der Waals surface area contributed by atoms with Gasteiger partial charge in [-0.05, 0) is 19.4 Å². The normalized spacial score (nSPS) is 21.4. The molecule has 0 aliphatic carbocycles. The molecule has 1 fully saturated rings. The minimum absolute atomic E-state index is 0.0227. The predicted octanol–water partition coefficient (Wildman–Crippen LogP) is 0.700. The van der Waals surface area contributed by atoms with E-state index in [1.165, 1.54) is 27.2 Å². The van der Waals surface area contributed by atoms with Crippen LogP contribution in [0, 0.1) is 6.92 Å². The Morgan fingerprint density at radius 3 is 2.54 bits per heavy atom. The second-order valence-electron chi connectivity index (χ2n) is 5.35. The van der Waals surface area contributed by atoms with Crippen LogP contribution in [0.4, 0.5) is 0 Å². The van der Waals surface area contributed by atoms with Crippen LogP contribution in [0.5, 0.6) is 11.5 Å². The standard InChI is InChI=1S/C16H17N3O5/c1-8-17-10-7-13(24-3)12(23-2)6-9(10)16(22)19(8)11-4-5-14(20)18-15(11)21/h6-7,11H,4-5H2,1-3H3,(H,18,20,21)/t11-/m1/s1/i11D. The Bertz CT molecular complexity index is 955. The molecule has 1 N–H and O–H groups in total. The van der Waals surface area contributed by atoms with E-state index in [1.807, 2.05) is 0 Å². The summed E-state index contributed by atoms with van der Waals surface area (Å²) in [4.78, 5) is 40.9. The molecule has 1 aliphatic heterocycles. The summed E-state index contributed by atoms with van der Waals surface area (Å²) >= 11 is 0. The summed E-state index contributed by atoms with van der Waals surface area (Å²) in [6, 6.07) is 1.10. The first-order chi connectivity index (χ1) is 11.8. The first-order valence-corrected chi connectivity index (χ1v) is 7.32. The highest BCUT2D eigenvalue weighted by atomic mass is 16.5. The summed E-state index contributed by atoms with van der Waals surface area (Å²) < 4.78 is 19.9. The highest BCUT2D eigenvalue weighted by Crippen LogP contribution is 2.30. The zero-order valence-corrected chi connectivity index (χ0v) is 13.5. The van der Waals surface area contributed by atoms with Crippen LogP contribution in [0.1, 0.15) is 26.1 Å². The second kappa shape index (κ2) is 5.95. The van der Waals surface area contributed by atoms with Crippen molar-refractivity contribution in [2.75, 3.05) is 14.2 Å². The molecule has 2 aromatic rings. The number of carbonyl (C=O) groups excluding carboxylic acids is 2. The van der Waals surface area contributed by atoms with Gasteiger partial charge in [0.05, 0.1) is 26.5 Å². The smallest absolute Gasteiger partial charge is 0.262 e. The topological polar surface area (TPSA) is 99.5 Å². The van der Waals surface area contributed by atoms with E-state index in [4.69, 9.17) is 10.8 Å². The van der Waals surface area contributed by atoms with Gasteiger partial charge in [0.15, 0.2) is 11.5 Å². The number of nitrogens with zero attached hydrogens (tertiary/aromatic N) is 2. The van der Waals surface area contributed by atoms with Crippen LogP contribution in [0.2, 0.25) is 0 Å². The van der Waals surface area contributed by atoms with Gasteiger partial charge in [-0.1, -0.05) is 0 Å². The van der Waals surface area contributed by atoms with Crippen LogP contribution >= 0.6 is 0 Å². The third kappa shape index (κ3) is 2.49. The lowest BCUT2D eigenvalue weighted by molar-refractivity contribution is -0.135. The van der Waals surface area contributed by atoms with Gasteiger partial charge in [-0.15, -0.1) is 0 Å². The lowest BCUT2D eigenvalue weighted by atomic mass is 10.1. The fourth-order valence-corrected chi connectivity index (χ4v) is 2.76. The molecule has 1 aromatic heterocycles. The van der Waals surface area contributed by atoms with Crippen molar-refractivity contribution in [3.63, 3.8) is 0 Å². The molecule has 126 valence electrons. The van der Waals surface area contributed by atoms with Gasteiger partial charge in [-0.25, -0.2) is 4.98 Å². The Morgan fingerprint density at radius 2 is 1.92 bits per heavy atom. The summed E-state index contributed by atoms with van der Waals surface area (Å²) in [5, 5.41) is 2.31. The number of hydrogen-bond donors (Lipinski definition) is 1. The Balaban J connectivity index is 2.28. The molecule has 0 bridgehead atoms. The molecular formula is C16H17N3O5. The molecule has 24 heavy (non-hydrogen) atoms. The van der Waals surface area contributed by atoms with E-state index in [0.29, 0.717) is 17.0 Å². The number of imide groups is 1. The molecule has 0 spiro atoms. The lowest BCUT2D eigenvalue weighted by Gasteiger charge is -2.24. The largest absolute Gasteiger partial charge is 0.493 e. The minimum atomic E-state index is -1.93. The number of carbonyl (C=O) groups is 2. The number of piperidine rings is 1. The maximum absolute atomic E-state index is 13.0. The maximum atomic E-state index is 13.0. The number of benzene rings is 1. The summed E-state index contributed by atoms with van der Waals surface area (Å²) in [6.07, 6.45) is -0.121. The zero-order chi connectivity index (χ0) is 18.4. The fraction of sp³-hybridized carbons (Fsp3) is 0.375. The number of aryl methyl sites for hydroxylation is 1. The van der Waals surface area contributed by atoms with Crippen molar-refractivity contribution < 1.29 is 20.4 Å². The number of hydrogen-bond acceptors (Lipinski definition) is 6. The molecule has 2 amide bonds.